The minimum absolute atomic E-state index is 0.251. The Bertz CT molecular complexity index is 196. The molecular weight excluding hydrogens is 254 g/mol. The standard InChI is InChI=1S/C12H22BrNO/c1-2-3-4-8-12(15)14-11-7-5-6-10(11)9-13/h10-11H,2-9H2,1H3,(H,14,15). The van der Waals surface area contributed by atoms with Crippen LogP contribution in [0.2, 0.25) is 0 Å². The van der Waals surface area contributed by atoms with Crippen molar-refractivity contribution in [1.29, 1.82) is 0 Å². The number of unbranched alkanes of at least 4 members (excludes halogenated alkanes) is 2. The zero-order valence-electron chi connectivity index (χ0n) is 9.60. The quantitative estimate of drug-likeness (QED) is 0.585. The predicted octanol–water partition coefficient (Wildman–Crippen LogP) is 3.25. The second-order valence-corrected chi connectivity index (χ2v) is 5.12. The average Bonchev–Trinajstić information content (AvgIpc) is 2.65. The lowest BCUT2D eigenvalue weighted by molar-refractivity contribution is -0.122. The number of carbonyl (C=O) groups is 1. The third-order valence-corrected chi connectivity index (χ3v) is 4.04. The van der Waals surface area contributed by atoms with Crippen LogP contribution < -0.4 is 5.32 Å². The molecule has 0 aromatic carbocycles. The van der Waals surface area contributed by atoms with Crippen LogP contribution in [0.4, 0.5) is 0 Å². The number of hydrogen-bond acceptors (Lipinski definition) is 1. The molecule has 3 heteroatoms. The number of hydrogen-bond donors (Lipinski definition) is 1. The molecule has 1 N–H and O–H groups in total. The third kappa shape index (κ3) is 4.54. The SMILES string of the molecule is CCCCCC(=O)NC1CCCC1CBr. The first-order chi connectivity index (χ1) is 7.27. The van der Waals surface area contributed by atoms with E-state index in [2.05, 4.69) is 28.2 Å². The van der Waals surface area contributed by atoms with Crippen molar-refractivity contribution in [2.75, 3.05) is 5.33 Å². The summed E-state index contributed by atoms with van der Waals surface area (Å²) in [5, 5.41) is 4.19. The fourth-order valence-electron chi connectivity index (χ4n) is 2.23. The summed E-state index contributed by atoms with van der Waals surface area (Å²) < 4.78 is 0. The van der Waals surface area contributed by atoms with Crippen LogP contribution in [0.5, 0.6) is 0 Å². The van der Waals surface area contributed by atoms with E-state index in [-0.39, 0.29) is 5.91 Å². The van der Waals surface area contributed by atoms with E-state index in [1.807, 2.05) is 0 Å². The molecule has 2 unspecified atom stereocenters. The summed E-state index contributed by atoms with van der Waals surface area (Å²) >= 11 is 3.52. The Morgan fingerprint density at radius 2 is 2.20 bits per heavy atom. The zero-order valence-corrected chi connectivity index (χ0v) is 11.2. The molecule has 0 aromatic heterocycles. The Labute approximate surface area is 101 Å². The minimum atomic E-state index is 0.251. The van der Waals surface area contributed by atoms with Gasteiger partial charge >= 0.3 is 0 Å². The molecule has 0 radical (unpaired) electrons. The normalized spacial score (nSPS) is 25.5. The van der Waals surface area contributed by atoms with Gasteiger partial charge in [0.2, 0.25) is 5.91 Å². The van der Waals surface area contributed by atoms with Crippen LogP contribution in [0.3, 0.4) is 0 Å². The Morgan fingerprint density at radius 1 is 1.40 bits per heavy atom. The maximum Gasteiger partial charge on any atom is 0.220 e. The van der Waals surface area contributed by atoms with Crippen molar-refractivity contribution in [2.45, 2.75) is 57.9 Å². The molecule has 1 aliphatic carbocycles. The van der Waals surface area contributed by atoms with Crippen LogP contribution in [0.15, 0.2) is 0 Å². The van der Waals surface area contributed by atoms with Crippen LogP contribution in [-0.2, 0) is 4.79 Å². The van der Waals surface area contributed by atoms with Crippen molar-refractivity contribution < 1.29 is 4.79 Å². The Morgan fingerprint density at radius 3 is 2.87 bits per heavy atom. The molecule has 1 rings (SSSR count). The minimum Gasteiger partial charge on any atom is -0.353 e. The van der Waals surface area contributed by atoms with E-state index in [1.54, 1.807) is 0 Å². The number of halogens is 1. The van der Waals surface area contributed by atoms with Gasteiger partial charge < -0.3 is 5.32 Å². The summed E-state index contributed by atoms with van der Waals surface area (Å²) in [6.45, 7) is 2.16. The van der Waals surface area contributed by atoms with Gasteiger partial charge in [-0.05, 0) is 25.2 Å². The van der Waals surface area contributed by atoms with Gasteiger partial charge in [0.05, 0.1) is 0 Å². The van der Waals surface area contributed by atoms with E-state index in [0.29, 0.717) is 18.4 Å². The molecule has 1 fully saturated rings. The first kappa shape index (κ1) is 13.0. The van der Waals surface area contributed by atoms with Crippen molar-refractivity contribution in [2.24, 2.45) is 5.92 Å². The van der Waals surface area contributed by atoms with Gasteiger partial charge in [0, 0.05) is 17.8 Å². The number of alkyl halides is 1. The fraction of sp³-hybridized carbons (Fsp3) is 0.917. The van der Waals surface area contributed by atoms with Gasteiger partial charge in [0.1, 0.15) is 0 Å². The molecule has 15 heavy (non-hydrogen) atoms. The molecule has 0 saturated heterocycles. The van der Waals surface area contributed by atoms with Crippen molar-refractivity contribution in [3.8, 4) is 0 Å². The summed E-state index contributed by atoms with van der Waals surface area (Å²) in [5.41, 5.74) is 0. The van der Waals surface area contributed by atoms with Crippen LogP contribution >= 0.6 is 15.9 Å². The van der Waals surface area contributed by atoms with Crippen molar-refractivity contribution in [1.82, 2.24) is 5.32 Å². The van der Waals surface area contributed by atoms with Crippen LogP contribution in [0.25, 0.3) is 0 Å². The first-order valence-corrected chi connectivity index (χ1v) is 7.25. The smallest absolute Gasteiger partial charge is 0.220 e. The van der Waals surface area contributed by atoms with Gasteiger partial charge in [0.15, 0.2) is 0 Å². The van der Waals surface area contributed by atoms with E-state index < -0.39 is 0 Å². The van der Waals surface area contributed by atoms with Crippen molar-refractivity contribution in [3.63, 3.8) is 0 Å². The molecule has 0 heterocycles. The molecule has 1 aliphatic rings. The maximum atomic E-state index is 11.6. The molecule has 88 valence electrons. The lowest BCUT2D eigenvalue weighted by Crippen LogP contribution is -2.37. The number of carbonyl (C=O) groups excluding carboxylic acids is 1. The molecule has 0 spiro atoms. The summed E-state index contributed by atoms with van der Waals surface area (Å²) in [5.74, 6) is 0.904. The fourth-order valence-corrected chi connectivity index (χ4v) is 3.00. The average molecular weight is 276 g/mol. The Hall–Kier alpha value is -0.0500. The topological polar surface area (TPSA) is 29.1 Å². The van der Waals surface area contributed by atoms with E-state index in [1.165, 1.54) is 25.7 Å². The van der Waals surface area contributed by atoms with E-state index in [0.717, 1.165) is 18.2 Å². The van der Waals surface area contributed by atoms with Crippen LogP contribution in [-0.4, -0.2) is 17.3 Å². The Balaban J connectivity index is 2.19. The number of rotatable bonds is 6. The van der Waals surface area contributed by atoms with E-state index in [9.17, 15) is 4.79 Å². The highest BCUT2D eigenvalue weighted by Crippen LogP contribution is 2.27. The largest absolute Gasteiger partial charge is 0.353 e. The molecule has 0 bridgehead atoms. The lowest BCUT2D eigenvalue weighted by atomic mass is 10.1. The molecular formula is C12H22BrNO. The molecule has 0 aromatic rings. The summed E-state index contributed by atoms with van der Waals surface area (Å²) in [7, 11) is 0. The number of nitrogens with one attached hydrogen (secondary N) is 1. The molecule has 2 nitrogen and oxygen atoms in total. The Kier molecular flexibility index (Phi) is 6.30. The third-order valence-electron chi connectivity index (χ3n) is 3.21. The van der Waals surface area contributed by atoms with E-state index in [4.69, 9.17) is 0 Å². The first-order valence-electron chi connectivity index (χ1n) is 6.13. The summed E-state index contributed by atoms with van der Waals surface area (Å²) in [4.78, 5) is 11.6. The zero-order chi connectivity index (χ0) is 11.1. The van der Waals surface area contributed by atoms with Crippen molar-refractivity contribution in [3.05, 3.63) is 0 Å². The monoisotopic (exact) mass is 275 g/mol. The van der Waals surface area contributed by atoms with E-state index >= 15 is 0 Å². The second-order valence-electron chi connectivity index (χ2n) is 4.48. The molecule has 1 amide bonds. The van der Waals surface area contributed by atoms with Gasteiger partial charge in [-0.25, -0.2) is 0 Å². The highest BCUT2D eigenvalue weighted by atomic mass is 79.9. The van der Waals surface area contributed by atoms with Gasteiger partial charge in [-0.2, -0.15) is 0 Å². The summed E-state index contributed by atoms with van der Waals surface area (Å²) in [6, 6.07) is 0.429. The highest BCUT2D eigenvalue weighted by Gasteiger charge is 2.27. The van der Waals surface area contributed by atoms with Gasteiger partial charge in [-0.3, -0.25) is 4.79 Å². The molecule has 0 aliphatic heterocycles. The van der Waals surface area contributed by atoms with Gasteiger partial charge in [-0.1, -0.05) is 42.1 Å². The predicted molar refractivity (Wildman–Crippen MR) is 67.2 cm³/mol. The van der Waals surface area contributed by atoms with Gasteiger partial charge in [-0.15, -0.1) is 0 Å². The maximum absolute atomic E-state index is 11.6. The van der Waals surface area contributed by atoms with Crippen molar-refractivity contribution >= 4 is 21.8 Å². The summed E-state index contributed by atoms with van der Waals surface area (Å²) in [6.07, 6.45) is 7.77. The molecule has 2 atom stereocenters. The number of amides is 1. The van der Waals surface area contributed by atoms with Crippen LogP contribution in [0, 0.1) is 5.92 Å². The highest BCUT2D eigenvalue weighted by molar-refractivity contribution is 9.09. The second kappa shape index (κ2) is 7.26. The lowest BCUT2D eigenvalue weighted by Gasteiger charge is -2.18. The van der Waals surface area contributed by atoms with Crippen LogP contribution in [0.1, 0.15) is 51.9 Å². The van der Waals surface area contributed by atoms with Gasteiger partial charge in [0.25, 0.3) is 0 Å². The molecule has 1 saturated carbocycles.